The van der Waals surface area contributed by atoms with Crippen molar-refractivity contribution in [3.8, 4) is 0 Å². The van der Waals surface area contributed by atoms with Crippen LogP contribution in [0.5, 0.6) is 0 Å². The molecule has 0 saturated heterocycles. The number of alkyl halides is 2. The third-order valence-electron chi connectivity index (χ3n) is 1.03. The van der Waals surface area contributed by atoms with E-state index < -0.39 is 24.9 Å². The van der Waals surface area contributed by atoms with Gasteiger partial charge in [0.15, 0.2) is 0 Å². The molecule has 0 bridgehead atoms. The quantitative estimate of drug-likeness (QED) is 0.526. The Labute approximate surface area is 67.8 Å². The van der Waals surface area contributed by atoms with Gasteiger partial charge in [-0.3, -0.25) is 4.79 Å². The molecular formula is C5H8ClF2NO2. The second-order valence-electron chi connectivity index (χ2n) is 1.81. The van der Waals surface area contributed by atoms with E-state index in [1.165, 1.54) is 0 Å². The highest BCUT2D eigenvalue weighted by Gasteiger charge is 2.22. The van der Waals surface area contributed by atoms with Crippen LogP contribution in [0, 0.1) is 0 Å². The molecule has 3 nitrogen and oxygen atoms in total. The topological polar surface area (TPSA) is 38.3 Å². The fourth-order valence-corrected chi connectivity index (χ4v) is 0.684. The average Bonchev–Trinajstić information content (AvgIpc) is 1.98. The molecule has 0 rings (SSSR count). The number of carbonyl (C=O) groups is 1. The Kier molecular flexibility index (Phi) is 5.06. The molecule has 11 heavy (non-hydrogen) atoms. The van der Waals surface area contributed by atoms with Crippen molar-refractivity contribution in [1.82, 2.24) is 4.84 Å². The van der Waals surface area contributed by atoms with Gasteiger partial charge in [0.2, 0.25) is 6.43 Å². The SMILES string of the molecule is COC(=O)[C@H](CC(F)F)NCl. The number of carbonyl (C=O) groups excluding carboxylic acids is 1. The third-order valence-corrected chi connectivity index (χ3v) is 1.29. The van der Waals surface area contributed by atoms with Gasteiger partial charge in [-0.15, -0.1) is 0 Å². The summed E-state index contributed by atoms with van der Waals surface area (Å²) in [6.07, 6.45) is -3.22. The molecule has 0 unspecified atom stereocenters. The molecule has 6 heteroatoms. The molecule has 0 heterocycles. The van der Waals surface area contributed by atoms with Gasteiger partial charge in [0.05, 0.1) is 7.11 Å². The smallest absolute Gasteiger partial charge is 0.324 e. The van der Waals surface area contributed by atoms with E-state index in [0.717, 1.165) is 7.11 Å². The van der Waals surface area contributed by atoms with Crippen LogP contribution in [0.1, 0.15) is 6.42 Å². The number of rotatable bonds is 4. The van der Waals surface area contributed by atoms with E-state index in [9.17, 15) is 13.6 Å². The number of ether oxygens (including phenoxy) is 1. The van der Waals surface area contributed by atoms with Crippen molar-refractivity contribution < 1.29 is 18.3 Å². The second-order valence-corrected chi connectivity index (χ2v) is 2.03. The summed E-state index contributed by atoms with van der Waals surface area (Å²) in [7, 11) is 1.11. The van der Waals surface area contributed by atoms with Crippen LogP contribution in [-0.2, 0) is 9.53 Å². The van der Waals surface area contributed by atoms with Gasteiger partial charge >= 0.3 is 5.97 Å². The molecule has 0 radical (unpaired) electrons. The first-order valence-electron chi connectivity index (χ1n) is 2.84. The third kappa shape index (κ3) is 4.10. The number of hydrogen-bond donors (Lipinski definition) is 1. The van der Waals surface area contributed by atoms with E-state index in [1.54, 1.807) is 0 Å². The summed E-state index contributed by atoms with van der Waals surface area (Å²) in [6.45, 7) is 0. The minimum atomic E-state index is -2.58. The van der Waals surface area contributed by atoms with Gasteiger partial charge in [-0.05, 0) is 11.8 Å². The summed E-state index contributed by atoms with van der Waals surface area (Å²) in [4.78, 5) is 12.5. The lowest BCUT2D eigenvalue weighted by Crippen LogP contribution is -2.33. The van der Waals surface area contributed by atoms with E-state index in [-0.39, 0.29) is 0 Å². The predicted octanol–water partition coefficient (Wildman–Crippen LogP) is 0.927. The van der Waals surface area contributed by atoms with Crippen molar-refractivity contribution in [3.63, 3.8) is 0 Å². The Morgan fingerprint density at radius 1 is 1.73 bits per heavy atom. The monoisotopic (exact) mass is 187 g/mol. The normalized spacial score (nSPS) is 13.2. The molecule has 0 aromatic rings. The maximum Gasteiger partial charge on any atom is 0.324 e. The summed E-state index contributed by atoms with van der Waals surface area (Å²) in [6, 6.07) is -1.14. The van der Waals surface area contributed by atoms with E-state index in [0.29, 0.717) is 0 Å². The van der Waals surface area contributed by atoms with E-state index in [1.807, 2.05) is 4.84 Å². The fraction of sp³-hybridized carbons (Fsp3) is 0.800. The van der Waals surface area contributed by atoms with Crippen molar-refractivity contribution in [3.05, 3.63) is 0 Å². The van der Waals surface area contributed by atoms with Gasteiger partial charge in [-0.2, -0.15) is 0 Å². The van der Waals surface area contributed by atoms with Crippen LogP contribution in [0.15, 0.2) is 0 Å². The van der Waals surface area contributed by atoms with Gasteiger partial charge < -0.3 is 4.74 Å². The molecule has 66 valence electrons. The minimum absolute atomic E-state index is 0.643. The number of esters is 1. The lowest BCUT2D eigenvalue weighted by molar-refractivity contribution is -0.143. The van der Waals surface area contributed by atoms with Crippen molar-refractivity contribution in [2.75, 3.05) is 7.11 Å². The highest BCUT2D eigenvalue weighted by Crippen LogP contribution is 2.05. The summed E-state index contributed by atoms with van der Waals surface area (Å²) in [5.74, 6) is -0.791. The number of halogens is 3. The summed E-state index contributed by atoms with van der Waals surface area (Å²) >= 11 is 5.00. The largest absolute Gasteiger partial charge is 0.468 e. The maximum atomic E-state index is 11.7. The first-order chi connectivity index (χ1) is 5.11. The molecule has 0 aliphatic heterocycles. The molecule has 0 aliphatic rings. The first kappa shape index (κ1) is 10.6. The van der Waals surface area contributed by atoms with Crippen LogP contribution in [-0.4, -0.2) is 25.5 Å². The Hall–Kier alpha value is -0.420. The fourth-order valence-electron chi connectivity index (χ4n) is 0.506. The molecule has 0 spiro atoms. The van der Waals surface area contributed by atoms with Crippen molar-refractivity contribution in [1.29, 1.82) is 0 Å². The number of methoxy groups -OCH3 is 1. The van der Waals surface area contributed by atoms with Gasteiger partial charge in [-0.25, -0.2) is 13.6 Å². The minimum Gasteiger partial charge on any atom is -0.468 e. The van der Waals surface area contributed by atoms with E-state index in [4.69, 9.17) is 11.8 Å². The maximum absolute atomic E-state index is 11.7. The zero-order valence-electron chi connectivity index (χ0n) is 5.81. The Balaban J connectivity index is 3.84. The van der Waals surface area contributed by atoms with Gasteiger partial charge in [0, 0.05) is 6.42 Å². The first-order valence-corrected chi connectivity index (χ1v) is 3.21. The molecule has 1 atom stereocenters. The summed E-state index contributed by atoms with van der Waals surface area (Å²) < 4.78 is 27.5. The van der Waals surface area contributed by atoms with Crippen molar-refractivity contribution in [2.45, 2.75) is 18.9 Å². The highest BCUT2D eigenvalue weighted by atomic mass is 35.5. The summed E-state index contributed by atoms with van der Waals surface area (Å²) in [5, 5.41) is 0. The van der Waals surface area contributed by atoms with Gasteiger partial charge in [-0.1, -0.05) is 0 Å². The lowest BCUT2D eigenvalue weighted by Gasteiger charge is -2.10. The molecule has 0 aromatic heterocycles. The number of hydrogen-bond acceptors (Lipinski definition) is 3. The predicted molar refractivity (Wildman–Crippen MR) is 35.4 cm³/mol. The Morgan fingerprint density at radius 2 is 2.27 bits per heavy atom. The number of nitrogens with one attached hydrogen (secondary N) is 1. The van der Waals surface area contributed by atoms with E-state index >= 15 is 0 Å². The van der Waals surface area contributed by atoms with Crippen LogP contribution >= 0.6 is 11.8 Å². The molecule has 0 aliphatic carbocycles. The zero-order valence-corrected chi connectivity index (χ0v) is 6.57. The highest BCUT2D eigenvalue weighted by molar-refractivity contribution is 6.14. The van der Waals surface area contributed by atoms with Crippen LogP contribution in [0.25, 0.3) is 0 Å². The molecule has 0 amide bonds. The second kappa shape index (κ2) is 5.26. The van der Waals surface area contributed by atoms with Crippen LogP contribution in [0.4, 0.5) is 8.78 Å². The van der Waals surface area contributed by atoms with Gasteiger partial charge in [0.25, 0.3) is 0 Å². The Bertz CT molecular complexity index is 134. The van der Waals surface area contributed by atoms with Crippen LogP contribution in [0.2, 0.25) is 0 Å². The molecule has 0 aromatic carbocycles. The van der Waals surface area contributed by atoms with Crippen LogP contribution in [0.3, 0.4) is 0 Å². The van der Waals surface area contributed by atoms with Crippen molar-refractivity contribution >= 4 is 17.7 Å². The van der Waals surface area contributed by atoms with Gasteiger partial charge in [0.1, 0.15) is 6.04 Å². The lowest BCUT2D eigenvalue weighted by atomic mass is 10.2. The van der Waals surface area contributed by atoms with E-state index in [2.05, 4.69) is 4.74 Å². The molecule has 1 N–H and O–H groups in total. The standard InChI is InChI=1S/C5H8ClF2NO2/c1-11-5(10)3(9-6)2-4(7)8/h3-4,9H,2H2,1H3/t3-/m0/s1. The molecule has 0 saturated carbocycles. The van der Waals surface area contributed by atoms with Crippen molar-refractivity contribution in [2.24, 2.45) is 0 Å². The average molecular weight is 188 g/mol. The molecular weight excluding hydrogens is 180 g/mol. The Morgan fingerprint density at radius 3 is 2.55 bits per heavy atom. The molecule has 0 fully saturated rings. The summed E-state index contributed by atoms with van der Waals surface area (Å²) in [5.41, 5.74) is 0. The van der Waals surface area contributed by atoms with Crippen LogP contribution < -0.4 is 4.84 Å². The zero-order chi connectivity index (χ0) is 8.85.